The number of likely N-dealkylation sites (N-methyl/N-ethyl adjacent to an activating group) is 1. The summed E-state index contributed by atoms with van der Waals surface area (Å²) in [4.78, 5) is 14.4. The fourth-order valence-corrected chi connectivity index (χ4v) is 5.06. The maximum atomic E-state index is 5.74. The molecule has 0 spiro atoms. The van der Waals surface area contributed by atoms with E-state index in [1.165, 1.54) is 22.2 Å². The van der Waals surface area contributed by atoms with E-state index in [4.69, 9.17) is 14.7 Å². The number of rotatable bonds is 4. The summed E-state index contributed by atoms with van der Waals surface area (Å²) in [5, 5.41) is 5.65. The van der Waals surface area contributed by atoms with Gasteiger partial charge in [0.1, 0.15) is 10.6 Å². The number of fused-ring (bicyclic) bond motifs is 3. The van der Waals surface area contributed by atoms with Gasteiger partial charge < -0.3 is 15.0 Å². The molecule has 2 aromatic rings. The fourth-order valence-electron chi connectivity index (χ4n) is 3.34. The zero-order valence-corrected chi connectivity index (χ0v) is 15.2. The molecular weight excluding hydrogens is 328 g/mol. The molecule has 5 nitrogen and oxygen atoms in total. The zero-order valence-electron chi connectivity index (χ0n) is 13.6. The van der Waals surface area contributed by atoms with Gasteiger partial charge >= 0.3 is 0 Å². The average molecular weight is 351 g/mol. The number of aromatic nitrogens is 2. The van der Waals surface area contributed by atoms with Gasteiger partial charge in [0, 0.05) is 31.1 Å². The second kappa shape index (κ2) is 6.55. The molecule has 1 saturated heterocycles. The van der Waals surface area contributed by atoms with Crippen LogP contribution >= 0.6 is 23.1 Å². The lowest BCUT2D eigenvalue weighted by atomic mass is 10.1. The van der Waals surface area contributed by atoms with Gasteiger partial charge in [0.15, 0.2) is 5.16 Å². The number of nitrogens with one attached hydrogen (secondary N) is 1. The van der Waals surface area contributed by atoms with Crippen molar-refractivity contribution in [1.29, 1.82) is 0 Å². The lowest BCUT2D eigenvalue weighted by Gasteiger charge is -2.22. The third-order valence-corrected chi connectivity index (χ3v) is 6.23. The van der Waals surface area contributed by atoms with E-state index in [9.17, 15) is 0 Å². The van der Waals surface area contributed by atoms with Crippen molar-refractivity contribution in [2.75, 3.05) is 38.3 Å². The molecule has 0 bridgehead atoms. The molecule has 23 heavy (non-hydrogen) atoms. The Morgan fingerprint density at radius 1 is 1.43 bits per heavy atom. The highest BCUT2D eigenvalue weighted by molar-refractivity contribution is 7.98. The molecular formula is C16H22N4OS2. The van der Waals surface area contributed by atoms with Crippen LogP contribution in [0, 0.1) is 0 Å². The molecule has 124 valence electrons. The minimum absolute atomic E-state index is 0.318. The van der Waals surface area contributed by atoms with E-state index >= 15 is 0 Å². The number of anilines is 1. The van der Waals surface area contributed by atoms with Crippen molar-refractivity contribution in [3.05, 3.63) is 10.4 Å². The Balaban J connectivity index is 1.71. The highest BCUT2D eigenvalue weighted by Gasteiger charge is 2.24. The van der Waals surface area contributed by atoms with E-state index in [0.29, 0.717) is 6.10 Å². The summed E-state index contributed by atoms with van der Waals surface area (Å²) in [6.07, 6.45) is 5.75. The van der Waals surface area contributed by atoms with Gasteiger partial charge in [-0.2, -0.15) is 0 Å². The quantitative estimate of drug-likeness (QED) is 0.676. The van der Waals surface area contributed by atoms with Crippen molar-refractivity contribution in [3.63, 3.8) is 0 Å². The minimum atomic E-state index is 0.318. The highest BCUT2D eigenvalue weighted by atomic mass is 32.2. The molecule has 2 aliphatic rings. The van der Waals surface area contributed by atoms with Gasteiger partial charge in [-0.25, -0.2) is 9.97 Å². The molecule has 4 rings (SSSR count). The summed E-state index contributed by atoms with van der Waals surface area (Å²) >= 11 is 3.43. The summed E-state index contributed by atoms with van der Waals surface area (Å²) in [6.45, 7) is 3.86. The Bertz CT molecular complexity index is 712. The van der Waals surface area contributed by atoms with Crippen molar-refractivity contribution in [2.45, 2.75) is 37.1 Å². The van der Waals surface area contributed by atoms with Crippen LogP contribution in [-0.4, -0.2) is 54.0 Å². The predicted molar refractivity (Wildman–Crippen MR) is 96.7 cm³/mol. The van der Waals surface area contributed by atoms with E-state index in [1.807, 2.05) is 17.6 Å². The molecule has 0 aliphatic carbocycles. The smallest absolute Gasteiger partial charge is 0.190 e. The summed E-state index contributed by atoms with van der Waals surface area (Å²) < 4.78 is 5.74. The lowest BCUT2D eigenvalue weighted by Crippen LogP contribution is -2.25. The Kier molecular flexibility index (Phi) is 4.45. The second-order valence-corrected chi connectivity index (χ2v) is 8.10. The summed E-state index contributed by atoms with van der Waals surface area (Å²) in [5.74, 6) is 0.997. The van der Waals surface area contributed by atoms with Crippen LogP contribution in [0.3, 0.4) is 0 Å². The highest BCUT2D eigenvalue weighted by Crippen LogP contribution is 2.38. The number of nitrogens with zero attached hydrogens (tertiary/aromatic N) is 3. The zero-order chi connectivity index (χ0) is 15.8. The summed E-state index contributed by atoms with van der Waals surface area (Å²) in [5.41, 5.74) is 1.45. The SMILES string of the molecule is CSc1nc(NC[C@@H]2CCCO2)c2c3c(sc2n1)CN(C)CC3. The van der Waals surface area contributed by atoms with E-state index in [0.717, 1.165) is 54.9 Å². The first-order valence-corrected chi connectivity index (χ1v) is 10.2. The van der Waals surface area contributed by atoms with Gasteiger partial charge in [0.2, 0.25) is 0 Å². The maximum absolute atomic E-state index is 5.74. The van der Waals surface area contributed by atoms with Crippen LogP contribution in [0.2, 0.25) is 0 Å². The van der Waals surface area contributed by atoms with Crippen molar-refractivity contribution >= 4 is 39.1 Å². The van der Waals surface area contributed by atoms with Crippen LogP contribution < -0.4 is 5.32 Å². The van der Waals surface area contributed by atoms with E-state index in [2.05, 4.69) is 17.3 Å². The Labute approximate surface area is 144 Å². The van der Waals surface area contributed by atoms with E-state index in [1.54, 1.807) is 11.8 Å². The number of hydrogen-bond donors (Lipinski definition) is 1. The van der Waals surface area contributed by atoms with E-state index in [-0.39, 0.29) is 0 Å². The first-order chi connectivity index (χ1) is 11.2. The second-order valence-electron chi connectivity index (χ2n) is 6.25. The molecule has 0 unspecified atom stereocenters. The molecule has 2 aliphatic heterocycles. The number of thiophene rings is 1. The molecule has 0 aromatic carbocycles. The van der Waals surface area contributed by atoms with Crippen LogP contribution in [-0.2, 0) is 17.7 Å². The third kappa shape index (κ3) is 3.07. The molecule has 1 atom stereocenters. The normalized spacial score (nSPS) is 21.7. The van der Waals surface area contributed by atoms with Crippen LogP contribution in [0.25, 0.3) is 10.2 Å². The topological polar surface area (TPSA) is 50.3 Å². The standard InChI is InChI=1S/C16H22N4OS2/c1-20-6-5-11-12(9-20)23-15-13(11)14(18-16(19-15)22-2)17-8-10-4-3-7-21-10/h10H,3-9H2,1-2H3,(H,17,18,19)/t10-/m0/s1. The van der Waals surface area contributed by atoms with Gasteiger partial charge in [-0.1, -0.05) is 11.8 Å². The van der Waals surface area contributed by atoms with Crippen LogP contribution in [0.1, 0.15) is 23.3 Å². The first-order valence-electron chi connectivity index (χ1n) is 8.15. The monoisotopic (exact) mass is 350 g/mol. The van der Waals surface area contributed by atoms with Gasteiger partial charge in [0.25, 0.3) is 0 Å². The molecule has 0 saturated carbocycles. The number of thioether (sulfide) groups is 1. The van der Waals surface area contributed by atoms with E-state index < -0.39 is 0 Å². The van der Waals surface area contributed by atoms with Crippen molar-refractivity contribution in [2.24, 2.45) is 0 Å². The lowest BCUT2D eigenvalue weighted by molar-refractivity contribution is 0.120. The predicted octanol–water partition coefficient (Wildman–Crippen LogP) is 2.99. The van der Waals surface area contributed by atoms with Crippen molar-refractivity contribution in [1.82, 2.24) is 14.9 Å². The van der Waals surface area contributed by atoms with Crippen LogP contribution in [0.4, 0.5) is 5.82 Å². The van der Waals surface area contributed by atoms with Crippen molar-refractivity contribution < 1.29 is 4.74 Å². The van der Waals surface area contributed by atoms with Crippen molar-refractivity contribution in [3.8, 4) is 0 Å². The third-order valence-electron chi connectivity index (χ3n) is 4.57. The Hall–Kier alpha value is -0.890. The molecule has 0 radical (unpaired) electrons. The van der Waals surface area contributed by atoms with Gasteiger partial charge in [-0.3, -0.25) is 0 Å². The first kappa shape index (κ1) is 15.6. The Morgan fingerprint density at radius 2 is 2.35 bits per heavy atom. The molecule has 0 amide bonds. The molecule has 1 fully saturated rings. The molecule has 1 N–H and O–H groups in total. The van der Waals surface area contributed by atoms with Gasteiger partial charge in [0.05, 0.1) is 11.5 Å². The minimum Gasteiger partial charge on any atom is -0.376 e. The average Bonchev–Trinajstić information content (AvgIpc) is 3.18. The summed E-state index contributed by atoms with van der Waals surface area (Å²) in [7, 11) is 2.18. The Morgan fingerprint density at radius 3 is 3.13 bits per heavy atom. The number of ether oxygens (including phenoxy) is 1. The molecule has 7 heteroatoms. The maximum Gasteiger partial charge on any atom is 0.190 e. The van der Waals surface area contributed by atoms with Crippen LogP contribution in [0.5, 0.6) is 0 Å². The fraction of sp³-hybridized carbons (Fsp3) is 0.625. The summed E-state index contributed by atoms with van der Waals surface area (Å²) in [6, 6.07) is 0. The van der Waals surface area contributed by atoms with Crippen LogP contribution in [0.15, 0.2) is 5.16 Å². The molecule has 4 heterocycles. The molecule has 2 aromatic heterocycles. The van der Waals surface area contributed by atoms with Gasteiger partial charge in [-0.05, 0) is 38.1 Å². The largest absolute Gasteiger partial charge is 0.376 e. The van der Waals surface area contributed by atoms with Gasteiger partial charge in [-0.15, -0.1) is 11.3 Å². The number of hydrogen-bond acceptors (Lipinski definition) is 7.